The first kappa shape index (κ1) is 19.3. The van der Waals surface area contributed by atoms with Crippen LogP contribution in [0, 0.1) is 12.8 Å². The summed E-state index contributed by atoms with van der Waals surface area (Å²) in [7, 11) is 0. The molecule has 4 aromatic carbocycles. The van der Waals surface area contributed by atoms with Crippen LogP contribution in [0.2, 0.25) is 0 Å². The number of aryl methyl sites for hydroxylation is 1. The van der Waals surface area contributed by atoms with Crippen molar-refractivity contribution in [3.63, 3.8) is 0 Å². The predicted molar refractivity (Wildman–Crippen MR) is 126 cm³/mol. The summed E-state index contributed by atoms with van der Waals surface area (Å²) in [5.74, 6) is 0.664. The van der Waals surface area contributed by atoms with Crippen molar-refractivity contribution in [2.75, 3.05) is 5.32 Å². The third-order valence-electron chi connectivity index (χ3n) is 5.47. The zero-order chi connectivity index (χ0) is 20.2. The van der Waals surface area contributed by atoms with Gasteiger partial charge in [-0.05, 0) is 83.0 Å². The van der Waals surface area contributed by atoms with Crippen molar-refractivity contribution in [3.05, 3.63) is 107 Å². The van der Waals surface area contributed by atoms with Gasteiger partial charge in [0.2, 0.25) is 0 Å². The van der Waals surface area contributed by atoms with E-state index < -0.39 is 0 Å². The lowest BCUT2D eigenvalue weighted by atomic mass is 9.95. The van der Waals surface area contributed by atoms with Crippen molar-refractivity contribution >= 4 is 22.1 Å². The van der Waals surface area contributed by atoms with Crippen molar-refractivity contribution in [1.82, 2.24) is 0 Å². The first-order valence-electron chi connectivity index (χ1n) is 10.5. The smallest absolute Gasteiger partial charge is 0.0387 e. The fourth-order valence-corrected chi connectivity index (χ4v) is 4.01. The van der Waals surface area contributed by atoms with Crippen LogP contribution in [0.5, 0.6) is 0 Å². The van der Waals surface area contributed by atoms with Gasteiger partial charge in [0.1, 0.15) is 0 Å². The average molecular weight is 380 g/mol. The third-order valence-corrected chi connectivity index (χ3v) is 5.47. The Balaban J connectivity index is 1.60. The Kier molecular flexibility index (Phi) is 5.67. The number of hydrogen-bond donors (Lipinski definition) is 1. The van der Waals surface area contributed by atoms with Gasteiger partial charge in [-0.15, -0.1) is 0 Å². The molecule has 0 spiro atoms. The Hall–Kier alpha value is -3.06. The number of nitrogens with one attached hydrogen (secondary N) is 1. The van der Waals surface area contributed by atoms with Gasteiger partial charge in [-0.25, -0.2) is 0 Å². The fourth-order valence-electron chi connectivity index (χ4n) is 4.01. The molecule has 0 aliphatic rings. The molecule has 0 aromatic heterocycles. The standard InChI is InChI=1S/C28H29N/c1-20(2)16-22-8-6-12-26(17-22)29-27-15-14-21(3)25(19-27)18-24-11-7-10-23-9-4-5-13-28(23)24/h4-15,17,19-20,29H,16,18H2,1-3H3. The van der Waals surface area contributed by atoms with Crippen molar-refractivity contribution in [2.24, 2.45) is 5.92 Å². The van der Waals surface area contributed by atoms with Crippen molar-refractivity contribution < 1.29 is 0 Å². The maximum Gasteiger partial charge on any atom is 0.0387 e. The van der Waals surface area contributed by atoms with Gasteiger partial charge in [0.05, 0.1) is 0 Å². The summed E-state index contributed by atoms with van der Waals surface area (Å²) in [6, 6.07) is 30.7. The van der Waals surface area contributed by atoms with Gasteiger partial charge in [0.15, 0.2) is 0 Å². The van der Waals surface area contributed by atoms with Crippen LogP contribution in [-0.2, 0) is 12.8 Å². The number of anilines is 2. The Morgan fingerprint density at radius 2 is 1.48 bits per heavy atom. The highest BCUT2D eigenvalue weighted by Crippen LogP contribution is 2.26. The summed E-state index contributed by atoms with van der Waals surface area (Å²) in [4.78, 5) is 0. The second-order valence-corrected chi connectivity index (χ2v) is 8.38. The normalized spacial score (nSPS) is 11.2. The topological polar surface area (TPSA) is 12.0 Å². The molecule has 1 heteroatoms. The molecule has 146 valence electrons. The lowest BCUT2D eigenvalue weighted by molar-refractivity contribution is 0.647. The molecular formula is C28H29N. The Bertz CT molecular complexity index is 1120. The van der Waals surface area contributed by atoms with Crippen molar-refractivity contribution in [3.8, 4) is 0 Å². The molecule has 1 N–H and O–H groups in total. The van der Waals surface area contributed by atoms with E-state index in [0.29, 0.717) is 5.92 Å². The Morgan fingerprint density at radius 3 is 2.34 bits per heavy atom. The number of fused-ring (bicyclic) bond motifs is 1. The quantitative estimate of drug-likeness (QED) is 0.362. The van der Waals surface area contributed by atoms with E-state index in [2.05, 4.69) is 111 Å². The molecule has 0 radical (unpaired) electrons. The molecule has 0 amide bonds. The SMILES string of the molecule is Cc1ccc(Nc2cccc(CC(C)C)c2)cc1Cc1cccc2ccccc12. The summed E-state index contributed by atoms with van der Waals surface area (Å²) in [5, 5.41) is 6.25. The molecule has 29 heavy (non-hydrogen) atoms. The van der Waals surface area contributed by atoms with Gasteiger partial charge in [-0.3, -0.25) is 0 Å². The summed E-state index contributed by atoms with van der Waals surface area (Å²) in [6.45, 7) is 6.73. The Morgan fingerprint density at radius 1 is 0.724 bits per heavy atom. The second-order valence-electron chi connectivity index (χ2n) is 8.38. The zero-order valence-electron chi connectivity index (χ0n) is 17.6. The van der Waals surface area contributed by atoms with E-state index >= 15 is 0 Å². The van der Waals surface area contributed by atoms with Crippen molar-refractivity contribution in [2.45, 2.75) is 33.6 Å². The second kappa shape index (κ2) is 8.53. The molecule has 4 aromatic rings. The Labute approximate surface area is 174 Å². The highest BCUT2D eigenvalue weighted by Gasteiger charge is 2.07. The first-order valence-corrected chi connectivity index (χ1v) is 10.5. The summed E-state index contributed by atoms with van der Waals surface area (Å²) in [6.07, 6.45) is 2.05. The molecule has 0 aliphatic carbocycles. The number of hydrogen-bond acceptors (Lipinski definition) is 1. The first-order chi connectivity index (χ1) is 14.1. The van der Waals surface area contributed by atoms with Crippen LogP contribution >= 0.6 is 0 Å². The maximum absolute atomic E-state index is 3.61. The minimum absolute atomic E-state index is 0.664. The lowest BCUT2D eigenvalue weighted by Crippen LogP contribution is -1.98. The number of benzene rings is 4. The van der Waals surface area contributed by atoms with Crippen LogP contribution in [0.1, 0.15) is 36.1 Å². The molecule has 0 atom stereocenters. The minimum Gasteiger partial charge on any atom is -0.356 e. The molecule has 4 rings (SSSR count). The van der Waals surface area contributed by atoms with E-state index in [9.17, 15) is 0 Å². The highest BCUT2D eigenvalue weighted by atomic mass is 14.9. The molecule has 1 nitrogen and oxygen atoms in total. The van der Waals surface area contributed by atoms with Crippen LogP contribution in [-0.4, -0.2) is 0 Å². The van der Waals surface area contributed by atoms with Gasteiger partial charge in [0.25, 0.3) is 0 Å². The molecule has 0 saturated carbocycles. The summed E-state index contributed by atoms with van der Waals surface area (Å²) in [5.41, 5.74) is 7.76. The van der Waals surface area contributed by atoms with Crippen LogP contribution in [0.15, 0.2) is 84.9 Å². The molecule has 0 saturated heterocycles. The van der Waals surface area contributed by atoms with E-state index in [1.807, 2.05) is 0 Å². The minimum atomic E-state index is 0.664. The summed E-state index contributed by atoms with van der Waals surface area (Å²) >= 11 is 0. The predicted octanol–water partition coefficient (Wildman–Crippen LogP) is 7.68. The largest absolute Gasteiger partial charge is 0.356 e. The van der Waals surface area contributed by atoms with E-state index in [0.717, 1.165) is 24.2 Å². The van der Waals surface area contributed by atoms with Crippen molar-refractivity contribution in [1.29, 1.82) is 0 Å². The average Bonchev–Trinajstić information content (AvgIpc) is 2.70. The highest BCUT2D eigenvalue weighted by molar-refractivity contribution is 5.86. The molecule has 0 aliphatic heterocycles. The van der Waals surface area contributed by atoms with Crippen LogP contribution in [0.3, 0.4) is 0 Å². The molecule has 0 fully saturated rings. The molecular weight excluding hydrogens is 350 g/mol. The van der Waals surface area contributed by atoms with Gasteiger partial charge in [-0.2, -0.15) is 0 Å². The van der Waals surface area contributed by atoms with Gasteiger partial charge < -0.3 is 5.32 Å². The van der Waals surface area contributed by atoms with E-state index in [4.69, 9.17) is 0 Å². The van der Waals surface area contributed by atoms with Gasteiger partial charge in [-0.1, -0.05) is 74.5 Å². The fraction of sp³-hybridized carbons (Fsp3) is 0.214. The maximum atomic E-state index is 3.61. The van der Waals surface area contributed by atoms with Crippen LogP contribution < -0.4 is 5.32 Å². The number of rotatable bonds is 6. The lowest BCUT2D eigenvalue weighted by Gasteiger charge is -2.14. The van der Waals surface area contributed by atoms with Gasteiger partial charge in [0, 0.05) is 11.4 Å². The summed E-state index contributed by atoms with van der Waals surface area (Å²) < 4.78 is 0. The zero-order valence-corrected chi connectivity index (χ0v) is 17.6. The monoisotopic (exact) mass is 379 g/mol. The van der Waals surface area contributed by atoms with E-state index in [-0.39, 0.29) is 0 Å². The third kappa shape index (κ3) is 4.68. The van der Waals surface area contributed by atoms with Gasteiger partial charge >= 0.3 is 0 Å². The van der Waals surface area contributed by atoms with Crippen LogP contribution in [0.4, 0.5) is 11.4 Å². The van der Waals surface area contributed by atoms with Crippen LogP contribution in [0.25, 0.3) is 10.8 Å². The molecule has 0 heterocycles. The van der Waals surface area contributed by atoms with E-state index in [1.165, 1.54) is 33.0 Å². The molecule has 0 unspecified atom stereocenters. The van der Waals surface area contributed by atoms with E-state index in [1.54, 1.807) is 0 Å². The molecule has 0 bridgehead atoms.